The molecule has 1 nitrogen and oxygen atoms in total. The zero-order chi connectivity index (χ0) is 10.7. The van der Waals surface area contributed by atoms with Crippen molar-refractivity contribution >= 4 is 16.8 Å². The van der Waals surface area contributed by atoms with Crippen LogP contribution < -0.4 is 0 Å². The molecule has 0 amide bonds. The van der Waals surface area contributed by atoms with Gasteiger partial charge in [-0.05, 0) is 48.6 Å². The molecule has 0 N–H and O–H groups in total. The van der Waals surface area contributed by atoms with E-state index in [2.05, 4.69) is 20.8 Å². The molecule has 0 radical (unpaired) electrons. The number of rotatable bonds is 3. The molecule has 82 valence electrons. The largest absolute Gasteiger partial charge is 0.281 e. The highest BCUT2D eigenvalue weighted by molar-refractivity contribution is 6.64. The number of halogens is 1. The van der Waals surface area contributed by atoms with E-state index >= 15 is 0 Å². The highest BCUT2D eigenvalue weighted by Gasteiger charge is 2.32. The molecular weight excluding hydrogens is 196 g/mol. The molecule has 1 saturated carbocycles. The highest BCUT2D eigenvalue weighted by Crippen LogP contribution is 2.38. The first kappa shape index (κ1) is 12.0. The second-order valence-corrected chi connectivity index (χ2v) is 5.59. The molecule has 0 unspecified atom stereocenters. The lowest BCUT2D eigenvalue weighted by Gasteiger charge is -2.33. The number of carbonyl (C=O) groups excluding carboxylic acids is 1. The highest BCUT2D eigenvalue weighted by atomic mass is 35.5. The van der Waals surface area contributed by atoms with Crippen LogP contribution in [0.5, 0.6) is 0 Å². The molecule has 0 aromatic rings. The molecule has 2 heteroatoms. The monoisotopic (exact) mass is 216 g/mol. The molecule has 14 heavy (non-hydrogen) atoms. The number of hydrogen-bond donors (Lipinski definition) is 0. The third-order valence-corrected chi connectivity index (χ3v) is 3.60. The molecule has 1 aliphatic carbocycles. The van der Waals surface area contributed by atoms with E-state index in [0.717, 1.165) is 12.8 Å². The Morgan fingerprint density at radius 1 is 1.43 bits per heavy atom. The SMILES string of the molecule is CC(C)C[C@@H]1CC[C@@H](C)C[C@H]1C(=O)Cl. The summed E-state index contributed by atoms with van der Waals surface area (Å²) in [7, 11) is 0. The summed E-state index contributed by atoms with van der Waals surface area (Å²) in [6.45, 7) is 6.65. The van der Waals surface area contributed by atoms with Crippen molar-refractivity contribution in [3.8, 4) is 0 Å². The van der Waals surface area contributed by atoms with Gasteiger partial charge < -0.3 is 0 Å². The maximum absolute atomic E-state index is 11.3. The molecule has 0 aromatic carbocycles. The van der Waals surface area contributed by atoms with Gasteiger partial charge in [-0.25, -0.2) is 0 Å². The Bertz CT molecular complexity index is 200. The first-order valence-electron chi connectivity index (χ1n) is 5.70. The summed E-state index contributed by atoms with van der Waals surface area (Å²) in [6, 6.07) is 0. The topological polar surface area (TPSA) is 17.1 Å². The lowest BCUT2D eigenvalue weighted by atomic mass is 9.72. The summed E-state index contributed by atoms with van der Waals surface area (Å²) < 4.78 is 0. The van der Waals surface area contributed by atoms with E-state index in [1.165, 1.54) is 12.8 Å². The average molecular weight is 217 g/mol. The van der Waals surface area contributed by atoms with Crippen molar-refractivity contribution < 1.29 is 4.79 Å². The zero-order valence-electron chi connectivity index (χ0n) is 9.42. The quantitative estimate of drug-likeness (QED) is 0.655. The number of carbonyl (C=O) groups is 1. The predicted octanol–water partition coefficient (Wildman–Crippen LogP) is 3.85. The Morgan fingerprint density at radius 3 is 2.57 bits per heavy atom. The normalized spacial score (nSPS) is 33.4. The number of hydrogen-bond acceptors (Lipinski definition) is 1. The minimum atomic E-state index is -0.109. The molecule has 1 rings (SSSR count). The van der Waals surface area contributed by atoms with Crippen molar-refractivity contribution in [2.45, 2.75) is 46.5 Å². The van der Waals surface area contributed by atoms with Crippen molar-refractivity contribution in [3.63, 3.8) is 0 Å². The molecule has 0 bridgehead atoms. The van der Waals surface area contributed by atoms with Gasteiger partial charge in [-0.3, -0.25) is 4.79 Å². The van der Waals surface area contributed by atoms with Crippen LogP contribution in [0.2, 0.25) is 0 Å². The lowest BCUT2D eigenvalue weighted by Crippen LogP contribution is -2.28. The van der Waals surface area contributed by atoms with E-state index in [-0.39, 0.29) is 11.2 Å². The van der Waals surface area contributed by atoms with Gasteiger partial charge in [0.1, 0.15) is 0 Å². The van der Waals surface area contributed by atoms with Crippen LogP contribution in [-0.2, 0) is 4.79 Å². The fourth-order valence-corrected chi connectivity index (χ4v) is 2.88. The van der Waals surface area contributed by atoms with Crippen molar-refractivity contribution in [2.75, 3.05) is 0 Å². The molecule has 0 heterocycles. The van der Waals surface area contributed by atoms with Crippen LogP contribution in [-0.4, -0.2) is 5.24 Å². The summed E-state index contributed by atoms with van der Waals surface area (Å²) in [5.74, 6) is 2.01. The van der Waals surface area contributed by atoms with Crippen molar-refractivity contribution in [2.24, 2.45) is 23.7 Å². The van der Waals surface area contributed by atoms with Crippen LogP contribution in [0.15, 0.2) is 0 Å². The van der Waals surface area contributed by atoms with Gasteiger partial charge in [0.15, 0.2) is 0 Å². The summed E-state index contributed by atoms with van der Waals surface area (Å²) >= 11 is 5.66. The fourth-order valence-electron chi connectivity index (χ4n) is 2.61. The average Bonchev–Trinajstić information content (AvgIpc) is 2.07. The Labute approximate surface area is 92.2 Å². The van der Waals surface area contributed by atoms with Gasteiger partial charge in [0.2, 0.25) is 5.24 Å². The standard InChI is InChI=1S/C12H21ClO/c1-8(2)6-10-5-4-9(3)7-11(10)12(13)14/h8-11H,4-7H2,1-3H3/t9-,10+,11-/m1/s1. The van der Waals surface area contributed by atoms with E-state index in [1.54, 1.807) is 0 Å². The molecule has 0 spiro atoms. The van der Waals surface area contributed by atoms with Gasteiger partial charge in [-0.15, -0.1) is 0 Å². The fraction of sp³-hybridized carbons (Fsp3) is 0.917. The van der Waals surface area contributed by atoms with Crippen LogP contribution in [0.3, 0.4) is 0 Å². The summed E-state index contributed by atoms with van der Waals surface area (Å²) in [4.78, 5) is 11.3. The van der Waals surface area contributed by atoms with Crippen LogP contribution >= 0.6 is 11.6 Å². The summed E-state index contributed by atoms with van der Waals surface area (Å²) in [5.41, 5.74) is 0. The van der Waals surface area contributed by atoms with E-state index in [0.29, 0.717) is 17.8 Å². The van der Waals surface area contributed by atoms with Gasteiger partial charge in [0.25, 0.3) is 0 Å². The van der Waals surface area contributed by atoms with Crippen LogP contribution in [0.25, 0.3) is 0 Å². The van der Waals surface area contributed by atoms with Gasteiger partial charge in [0.05, 0.1) is 0 Å². The second-order valence-electron chi connectivity index (χ2n) is 5.22. The molecule has 0 aliphatic heterocycles. The van der Waals surface area contributed by atoms with Crippen LogP contribution in [0, 0.1) is 23.7 Å². The second kappa shape index (κ2) is 5.16. The van der Waals surface area contributed by atoms with Gasteiger partial charge in [-0.2, -0.15) is 0 Å². The minimum Gasteiger partial charge on any atom is -0.281 e. The third kappa shape index (κ3) is 3.27. The predicted molar refractivity (Wildman–Crippen MR) is 60.3 cm³/mol. The van der Waals surface area contributed by atoms with Gasteiger partial charge in [0, 0.05) is 5.92 Å². The van der Waals surface area contributed by atoms with Crippen molar-refractivity contribution in [1.82, 2.24) is 0 Å². The van der Waals surface area contributed by atoms with E-state index in [9.17, 15) is 4.79 Å². The maximum atomic E-state index is 11.3. The summed E-state index contributed by atoms with van der Waals surface area (Å²) in [6.07, 6.45) is 4.59. The Balaban J connectivity index is 2.58. The van der Waals surface area contributed by atoms with Crippen LogP contribution in [0.4, 0.5) is 0 Å². The Morgan fingerprint density at radius 2 is 2.07 bits per heavy atom. The maximum Gasteiger partial charge on any atom is 0.225 e. The smallest absolute Gasteiger partial charge is 0.225 e. The van der Waals surface area contributed by atoms with Gasteiger partial charge in [-0.1, -0.05) is 27.2 Å². The Hall–Kier alpha value is -0.0400. The molecule has 3 atom stereocenters. The van der Waals surface area contributed by atoms with Crippen LogP contribution in [0.1, 0.15) is 46.5 Å². The molecule has 0 aromatic heterocycles. The van der Waals surface area contributed by atoms with Crippen molar-refractivity contribution in [1.29, 1.82) is 0 Å². The minimum absolute atomic E-state index is 0.109. The molecule has 1 fully saturated rings. The van der Waals surface area contributed by atoms with E-state index < -0.39 is 0 Å². The Kier molecular flexibility index (Phi) is 4.43. The molecule has 0 saturated heterocycles. The van der Waals surface area contributed by atoms with E-state index in [4.69, 9.17) is 11.6 Å². The molecular formula is C12H21ClO. The van der Waals surface area contributed by atoms with Gasteiger partial charge >= 0.3 is 0 Å². The lowest BCUT2D eigenvalue weighted by molar-refractivity contribution is -0.118. The summed E-state index contributed by atoms with van der Waals surface area (Å²) in [5, 5.41) is -0.109. The zero-order valence-corrected chi connectivity index (χ0v) is 10.2. The van der Waals surface area contributed by atoms with Crippen molar-refractivity contribution in [3.05, 3.63) is 0 Å². The van der Waals surface area contributed by atoms with E-state index in [1.807, 2.05) is 0 Å². The first-order chi connectivity index (χ1) is 6.50. The molecule has 1 aliphatic rings. The third-order valence-electron chi connectivity index (χ3n) is 3.32. The first-order valence-corrected chi connectivity index (χ1v) is 6.07.